The lowest BCUT2D eigenvalue weighted by Crippen LogP contribution is -2.35. The summed E-state index contributed by atoms with van der Waals surface area (Å²) >= 11 is 0. The van der Waals surface area contributed by atoms with E-state index in [4.69, 9.17) is 9.47 Å². The van der Waals surface area contributed by atoms with Crippen LogP contribution >= 0.6 is 0 Å². The zero-order valence-corrected chi connectivity index (χ0v) is 26.4. The molecule has 0 spiro atoms. The molecule has 0 amide bonds. The Morgan fingerprint density at radius 1 is 0.978 bits per heavy atom. The molecule has 0 unspecified atom stereocenters. The summed E-state index contributed by atoms with van der Waals surface area (Å²) in [5.41, 5.74) is 2.08. The van der Waals surface area contributed by atoms with Crippen molar-refractivity contribution in [2.45, 2.75) is 81.3 Å². The van der Waals surface area contributed by atoms with Crippen LogP contribution in [0, 0.1) is 0 Å². The summed E-state index contributed by atoms with van der Waals surface area (Å²) in [6, 6.07) is 3.77. The van der Waals surface area contributed by atoms with Crippen LogP contribution in [0.5, 0.6) is 5.88 Å². The molecule has 3 fully saturated rings. The molecule has 0 aromatic carbocycles. The number of ether oxygens (including phenoxy) is 2. The van der Waals surface area contributed by atoms with Crippen LogP contribution in [-0.2, 0) is 14.8 Å². The lowest BCUT2D eigenvalue weighted by Gasteiger charge is -2.34. The predicted molar refractivity (Wildman–Crippen MR) is 170 cm³/mol. The van der Waals surface area contributed by atoms with Crippen molar-refractivity contribution in [2.75, 3.05) is 23.8 Å². The van der Waals surface area contributed by atoms with E-state index in [0.717, 1.165) is 41.0 Å². The van der Waals surface area contributed by atoms with Crippen molar-refractivity contribution in [3.8, 4) is 28.5 Å². The third-order valence-electron chi connectivity index (χ3n) is 8.62. The highest BCUT2D eigenvalue weighted by atomic mass is 32.2. The molecule has 4 aromatic rings. The molecule has 2 aliphatic carbocycles. The molecule has 46 heavy (non-hydrogen) atoms. The van der Waals surface area contributed by atoms with Crippen LogP contribution in [-0.4, -0.2) is 83.8 Å². The highest BCUT2D eigenvalue weighted by molar-refractivity contribution is 7.90. The monoisotopic (exact) mass is 647 g/mol. The zero-order valence-electron chi connectivity index (χ0n) is 25.5. The van der Waals surface area contributed by atoms with Gasteiger partial charge >= 0.3 is 0 Å². The number of rotatable bonds is 10. The van der Waals surface area contributed by atoms with Crippen molar-refractivity contribution in [2.24, 2.45) is 0 Å². The quantitative estimate of drug-likeness (QED) is 0.226. The standard InChI is InChI=1S/C31H37N9O5S/c1-31(41)9-4-21(5-10-31)37-25-14-28(34-16-24(25)26-17-35-29(18-33-26)45-22-7-12-44-13-8-22)38-27-6-11-32-30(39-27)20-15-36-40(19-20)46(42,43)23-2-3-23/h6,11,14-19,21-23,41H,2-5,7-10,12-13H2,1H3,(H2,32,34,37,38,39). The van der Waals surface area contributed by atoms with Gasteiger partial charge in [-0.25, -0.2) is 33.3 Å². The van der Waals surface area contributed by atoms with Crippen LogP contribution in [0.4, 0.5) is 17.3 Å². The van der Waals surface area contributed by atoms with Gasteiger partial charge in [0.1, 0.15) is 17.7 Å². The second-order valence-corrected chi connectivity index (χ2v) is 14.5. The predicted octanol–water partition coefficient (Wildman–Crippen LogP) is 3.94. The average molecular weight is 648 g/mol. The zero-order chi connectivity index (χ0) is 31.7. The minimum absolute atomic E-state index is 0.0657. The van der Waals surface area contributed by atoms with Gasteiger partial charge in [-0.2, -0.15) is 9.19 Å². The smallest absolute Gasteiger partial charge is 0.256 e. The Bertz CT molecular complexity index is 1780. The lowest BCUT2D eigenvalue weighted by molar-refractivity contribution is 0.0196. The SMILES string of the molecule is CC1(O)CCC(Nc2cc(Nc3ccnc(-c4cnn(S(=O)(=O)C5CC5)c4)n3)ncc2-c2cnc(OC3CCOCC3)cn2)CC1. The van der Waals surface area contributed by atoms with Gasteiger partial charge in [-0.1, -0.05) is 0 Å². The number of aromatic nitrogens is 7. The number of pyridine rings is 1. The number of anilines is 3. The van der Waals surface area contributed by atoms with Crippen LogP contribution in [0.25, 0.3) is 22.6 Å². The molecule has 1 aliphatic heterocycles. The molecule has 3 aliphatic rings. The molecular formula is C31H37N9O5S. The van der Waals surface area contributed by atoms with E-state index in [9.17, 15) is 13.5 Å². The first-order valence-electron chi connectivity index (χ1n) is 15.7. The van der Waals surface area contributed by atoms with Gasteiger partial charge in [0.15, 0.2) is 5.82 Å². The first kappa shape index (κ1) is 30.4. The van der Waals surface area contributed by atoms with Crippen molar-refractivity contribution in [3.63, 3.8) is 0 Å². The number of hydrogen-bond donors (Lipinski definition) is 3. The third kappa shape index (κ3) is 6.95. The van der Waals surface area contributed by atoms with Gasteiger partial charge in [-0.15, -0.1) is 0 Å². The highest BCUT2D eigenvalue weighted by Crippen LogP contribution is 2.35. The van der Waals surface area contributed by atoms with Gasteiger partial charge in [-0.05, 0) is 51.5 Å². The molecule has 7 rings (SSSR count). The van der Waals surface area contributed by atoms with Crippen molar-refractivity contribution < 1.29 is 23.0 Å². The van der Waals surface area contributed by atoms with Crippen molar-refractivity contribution in [1.82, 2.24) is 34.1 Å². The van der Waals surface area contributed by atoms with Gasteiger partial charge in [0.2, 0.25) is 5.88 Å². The summed E-state index contributed by atoms with van der Waals surface area (Å²) in [7, 11) is -3.49. The number of nitrogens with one attached hydrogen (secondary N) is 2. The molecule has 5 heterocycles. The Labute approximate surface area is 267 Å². The van der Waals surface area contributed by atoms with Crippen LogP contribution in [0.15, 0.2) is 49.3 Å². The fraction of sp³-hybridized carbons (Fsp3) is 0.484. The maximum Gasteiger partial charge on any atom is 0.256 e. The number of nitrogens with zero attached hydrogens (tertiary/aromatic N) is 7. The molecule has 1 saturated heterocycles. The molecule has 2 saturated carbocycles. The first-order chi connectivity index (χ1) is 22.2. The maximum atomic E-state index is 12.6. The van der Waals surface area contributed by atoms with Gasteiger partial charge in [-0.3, -0.25) is 0 Å². The van der Waals surface area contributed by atoms with E-state index in [2.05, 4.69) is 40.7 Å². The van der Waals surface area contributed by atoms with E-state index >= 15 is 0 Å². The second-order valence-electron chi connectivity index (χ2n) is 12.4. The minimum atomic E-state index is -3.49. The average Bonchev–Trinajstić information content (AvgIpc) is 3.80. The molecular weight excluding hydrogens is 610 g/mol. The molecule has 4 aromatic heterocycles. The van der Waals surface area contributed by atoms with Gasteiger partial charge < -0.3 is 25.2 Å². The molecule has 15 heteroatoms. The summed E-state index contributed by atoms with van der Waals surface area (Å²) in [5.74, 6) is 1.83. The normalized spacial score (nSPS) is 22.3. The largest absolute Gasteiger partial charge is 0.473 e. The first-order valence-corrected chi connectivity index (χ1v) is 17.2. The summed E-state index contributed by atoms with van der Waals surface area (Å²) < 4.78 is 37.6. The van der Waals surface area contributed by atoms with Crippen LogP contribution in [0.2, 0.25) is 0 Å². The van der Waals surface area contributed by atoms with Crippen molar-refractivity contribution in [3.05, 3.63) is 49.3 Å². The van der Waals surface area contributed by atoms with E-state index in [1.54, 1.807) is 30.9 Å². The van der Waals surface area contributed by atoms with E-state index in [1.807, 2.05) is 13.0 Å². The van der Waals surface area contributed by atoms with Gasteiger partial charge in [0, 0.05) is 48.6 Å². The topological polar surface area (TPSA) is 179 Å². The van der Waals surface area contributed by atoms with E-state index < -0.39 is 15.6 Å². The Morgan fingerprint density at radius 2 is 1.78 bits per heavy atom. The fourth-order valence-electron chi connectivity index (χ4n) is 5.71. The van der Waals surface area contributed by atoms with E-state index in [0.29, 0.717) is 73.5 Å². The van der Waals surface area contributed by atoms with Crippen LogP contribution in [0.1, 0.15) is 58.3 Å². The summed E-state index contributed by atoms with van der Waals surface area (Å²) in [6.45, 7) is 3.24. The van der Waals surface area contributed by atoms with Gasteiger partial charge in [0.05, 0.1) is 60.1 Å². The summed E-state index contributed by atoms with van der Waals surface area (Å²) in [5, 5.41) is 21.1. The summed E-state index contributed by atoms with van der Waals surface area (Å²) in [4.78, 5) is 22.7. The molecule has 242 valence electrons. The Hall–Kier alpha value is -4.21. The van der Waals surface area contributed by atoms with Gasteiger partial charge in [0.25, 0.3) is 10.0 Å². The fourth-order valence-corrected chi connectivity index (χ4v) is 7.18. The summed E-state index contributed by atoms with van der Waals surface area (Å²) in [6.07, 6.45) is 15.6. The third-order valence-corrected chi connectivity index (χ3v) is 10.7. The Balaban J connectivity index is 1.12. The Kier molecular flexibility index (Phi) is 8.29. The molecule has 14 nitrogen and oxygen atoms in total. The molecule has 0 radical (unpaired) electrons. The lowest BCUT2D eigenvalue weighted by atomic mass is 9.83. The Morgan fingerprint density at radius 3 is 2.52 bits per heavy atom. The molecule has 0 bridgehead atoms. The number of aliphatic hydroxyl groups is 1. The highest BCUT2D eigenvalue weighted by Gasteiger charge is 2.37. The van der Waals surface area contributed by atoms with Crippen molar-refractivity contribution >= 4 is 27.3 Å². The van der Waals surface area contributed by atoms with Crippen molar-refractivity contribution in [1.29, 1.82) is 0 Å². The van der Waals surface area contributed by atoms with Crippen LogP contribution < -0.4 is 15.4 Å². The van der Waals surface area contributed by atoms with Crippen LogP contribution in [0.3, 0.4) is 0 Å². The van der Waals surface area contributed by atoms with E-state index in [-0.39, 0.29) is 17.4 Å². The molecule has 0 atom stereocenters. The maximum absolute atomic E-state index is 12.6. The minimum Gasteiger partial charge on any atom is -0.473 e. The molecule has 3 N–H and O–H groups in total. The second kappa shape index (κ2) is 12.5. The number of hydrogen-bond acceptors (Lipinski definition) is 13. The van der Waals surface area contributed by atoms with E-state index in [1.165, 1.54) is 12.4 Å².